The Morgan fingerprint density at radius 1 is 1.24 bits per heavy atom. The molecule has 0 atom stereocenters. The summed E-state index contributed by atoms with van der Waals surface area (Å²) in [7, 11) is 4.08. The summed E-state index contributed by atoms with van der Waals surface area (Å²) in [6, 6.07) is 0. The number of hydrogen-bond donors (Lipinski definition) is 1. The van der Waals surface area contributed by atoms with Crippen molar-refractivity contribution in [1.29, 1.82) is 0 Å². The third kappa shape index (κ3) is 3.42. The fourth-order valence-electron chi connectivity index (χ4n) is 2.35. The summed E-state index contributed by atoms with van der Waals surface area (Å²) in [5, 5.41) is 0. The highest BCUT2D eigenvalue weighted by Gasteiger charge is 2.44. The maximum absolute atomic E-state index is 12.5. The van der Waals surface area contributed by atoms with E-state index in [1.165, 1.54) is 0 Å². The van der Waals surface area contributed by atoms with Gasteiger partial charge in [0.25, 0.3) is 0 Å². The van der Waals surface area contributed by atoms with Gasteiger partial charge in [0.2, 0.25) is 5.91 Å². The maximum atomic E-state index is 12.5. The Morgan fingerprint density at radius 2 is 1.88 bits per heavy atom. The van der Waals surface area contributed by atoms with Crippen molar-refractivity contribution < 1.29 is 4.79 Å². The SMILES string of the molecule is CCCN(CCN(C)C)C(=O)C1(CN)CCC1. The number of amides is 1. The molecule has 0 heterocycles. The zero-order valence-corrected chi connectivity index (χ0v) is 11.5. The molecule has 0 aromatic rings. The molecular weight excluding hydrogens is 214 g/mol. The molecule has 1 rings (SSSR count). The van der Waals surface area contributed by atoms with E-state index in [0.29, 0.717) is 6.54 Å². The Morgan fingerprint density at radius 3 is 2.24 bits per heavy atom. The highest BCUT2D eigenvalue weighted by Crippen LogP contribution is 2.41. The van der Waals surface area contributed by atoms with E-state index in [2.05, 4.69) is 11.8 Å². The fourth-order valence-corrected chi connectivity index (χ4v) is 2.35. The minimum absolute atomic E-state index is 0.221. The van der Waals surface area contributed by atoms with E-state index in [4.69, 9.17) is 5.73 Å². The monoisotopic (exact) mass is 241 g/mol. The number of carbonyl (C=O) groups is 1. The first-order valence-corrected chi connectivity index (χ1v) is 6.70. The van der Waals surface area contributed by atoms with Crippen LogP contribution in [-0.4, -0.2) is 56.0 Å². The molecule has 100 valence electrons. The van der Waals surface area contributed by atoms with Crippen molar-refractivity contribution >= 4 is 5.91 Å². The minimum Gasteiger partial charge on any atom is -0.341 e. The molecule has 0 radical (unpaired) electrons. The number of nitrogens with two attached hydrogens (primary N) is 1. The van der Waals surface area contributed by atoms with E-state index in [0.717, 1.165) is 45.3 Å². The fraction of sp³-hybridized carbons (Fsp3) is 0.923. The number of nitrogens with zero attached hydrogens (tertiary/aromatic N) is 2. The average molecular weight is 241 g/mol. The molecule has 0 aliphatic heterocycles. The van der Waals surface area contributed by atoms with Gasteiger partial charge in [-0.3, -0.25) is 4.79 Å². The van der Waals surface area contributed by atoms with Crippen molar-refractivity contribution in [2.24, 2.45) is 11.1 Å². The largest absolute Gasteiger partial charge is 0.341 e. The third-order valence-corrected chi connectivity index (χ3v) is 3.75. The molecule has 4 nitrogen and oxygen atoms in total. The van der Waals surface area contributed by atoms with Gasteiger partial charge in [0.1, 0.15) is 0 Å². The van der Waals surface area contributed by atoms with Crippen LogP contribution in [0.15, 0.2) is 0 Å². The predicted octanol–water partition coefficient (Wildman–Crippen LogP) is 0.916. The molecule has 0 bridgehead atoms. The van der Waals surface area contributed by atoms with E-state index >= 15 is 0 Å². The van der Waals surface area contributed by atoms with E-state index in [9.17, 15) is 4.79 Å². The van der Waals surface area contributed by atoms with Crippen LogP contribution in [0, 0.1) is 5.41 Å². The van der Waals surface area contributed by atoms with E-state index in [1.54, 1.807) is 0 Å². The Hall–Kier alpha value is -0.610. The van der Waals surface area contributed by atoms with Crippen LogP contribution in [0.4, 0.5) is 0 Å². The van der Waals surface area contributed by atoms with E-state index in [-0.39, 0.29) is 11.3 Å². The number of carbonyl (C=O) groups excluding carboxylic acids is 1. The minimum atomic E-state index is -0.221. The maximum Gasteiger partial charge on any atom is 0.230 e. The predicted molar refractivity (Wildman–Crippen MR) is 70.8 cm³/mol. The lowest BCUT2D eigenvalue weighted by Gasteiger charge is -2.43. The van der Waals surface area contributed by atoms with Crippen LogP contribution in [0.5, 0.6) is 0 Å². The first-order valence-electron chi connectivity index (χ1n) is 6.70. The van der Waals surface area contributed by atoms with E-state index < -0.39 is 0 Å². The van der Waals surface area contributed by atoms with Gasteiger partial charge in [-0.2, -0.15) is 0 Å². The van der Waals surface area contributed by atoms with Crippen molar-refractivity contribution in [3.63, 3.8) is 0 Å². The van der Waals surface area contributed by atoms with Crippen LogP contribution < -0.4 is 5.73 Å². The highest BCUT2D eigenvalue weighted by atomic mass is 16.2. The van der Waals surface area contributed by atoms with Crippen molar-refractivity contribution in [1.82, 2.24) is 9.80 Å². The van der Waals surface area contributed by atoms with Gasteiger partial charge in [-0.25, -0.2) is 0 Å². The number of likely N-dealkylation sites (N-methyl/N-ethyl adjacent to an activating group) is 1. The van der Waals surface area contributed by atoms with Crippen LogP contribution in [0.2, 0.25) is 0 Å². The summed E-state index contributed by atoms with van der Waals surface area (Å²) in [6.45, 7) is 5.22. The molecule has 0 aromatic carbocycles. The van der Waals surface area contributed by atoms with Crippen LogP contribution in [-0.2, 0) is 4.79 Å². The molecule has 0 saturated heterocycles. The highest BCUT2D eigenvalue weighted by molar-refractivity contribution is 5.84. The molecule has 1 amide bonds. The molecule has 0 spiro atoms. The van der Waals surface area contributed by atoms with Crippen LogP contribution >= 0.6 is 0 Å². The second-order valence-corrected chi connectivity index (χ2v) is 5.43. The second kappa shape index (κ2) is 6.36. The summed E-state index contributed by atoms with van der Waals surface area (Å²) < 4.78 is 0. The summed E-state index contributed by atoms with van der Waals surface area (Å²) >= 11 is 0. The van der Waals surface area contributed by atoms with Gasteiger partial charge in [0, 0.05) is 26.2 Å². The van der Waals surface area contributed by atoms with Gasteiger partial charge in [-0.15, -0.1) is 0 Å². The van der Waals surface area contributed by atoms with Crippen molar-refractivity contribution in [3.05, 3.63) is 0 Å². The van der Waals surface area contributed by atoms with Crippen LogP contribution in [0.3, 0.4) is 0 Å². The average Bonchev–Trinajstić information content (AvgIpc) is 2.23. The standard InChI is InChI=1S/C13H27N3O/c1-4-8-16(10-9-15(2)3)12(17)13(11-14)6-5-7-13/h4-11,14H2,1-3H3. The van der Waals surface area contributed by atoms with Crippen molar-refractivity contribution in [2.75, 3.05) is 40.3 Å². The van der Waals surface area contributed by atoms with Crippen LogP contribution in [0.25, 0.3) is 0 Å². The zero-order valence-electron chi connectivity index (χ0n) is 11.5. The van der Waals surface area contributed by atoms with Gasteiger partial charge in [-0.1, -0.05) is 13.3 Å². The normalized spacial score (nSPS) is 17.9. The van der Waals surface area contributed by atoms with Gasteiger partial charge in [-0.05, 0) is 33.4 Å². The molecule has 0 aromatic heterocycles. The molecule has 1 fully saturated rings. The Labute approximate surface area is 105 Å². The summed E-state index contributed by atoms with van der Waals surface area (Å²) in [6.07, 6.45) is 4.12. The Bertz CT molecular complexity index is 244. The Kier molecular flexibility index (Phi) is 5.40. The quantitative estimate of drug-likeness (QED) is 0.721. The Balaban J connectivity index is 2.59. The lowest BCUT2D eigenvalue weighted by molar-refractivity contribution is -0.146. The summed E-state index contributed by atoms with van der Waals surface area (Å²) in [5.74, 6) is 0.287. The van der Waals surface area contributed by atoms with Gasteiger partial charge in [0.15, 0.2) is 0 Å². The van der Waals surface area contributed by atoms with Crippen LogP contribution in [0.1, 0.15) is 32.6 Å². The molecule has 4 heteroatoms. The molecule has 2 N–H and O–H groups in total. The smallest absolute Gasteiger partial charge is 0.230 e. The lowest BCUT2D eigenvalue weighted by Crippen LogP contribution is -2.53. The van der Waals surface area contributed by atoms with Gasteiger partial charge < -0.3 is 15.5 Å². The number of hydrogen-bond acceptors (Lipinski definition) is 3. The molecule has 1 saturated carbocycles. The van der Waals surface area contributed by atoms with Crippen molar-refractivity contribution in [3.8, 4) is 0 Å². The molecule has 17 heavy (non-hydrogen) atoms. The lowest BCUT2D eigenvalue weighted by atomic mass is 9.68. The third-order valence-electron chi connectivity index (χ3n) is 3.75. The first-order chi connectivity index (χ1) is 8.05. The van der Waals surface area contributed by atoms with Gasteiger partial charge >= 0.3 is 0 Å². The molecular formula is C13H27N3O. The zero-order chi connectivity index (χ0) is 12.9. The summed E-state index contributed by atoms with van der Waals surface area (Å²) in [5.41, 5.74) is 5.58. The molecule has 1 aliphatic carbocycles. The van der Waals surface area contributed by atoms with Crippen molar-refractivity contribution in [2.45, 2.75) is 32.6 Å². The molecule has 1 aliphatic rings. The van der Waals surface area contributed by atoms with Gasteiger partial charge in [0.05, 0.1) is 5.41 Å². The summed E-state index contributed by atoms with van der Waals surface area (Å²) in [4.78, 5) is 16.6. The first kappa shape index (κ1) is 14.5. The van der Waals surface area contributed by atoms with E-state index in [1.807, 2.05) is 19.0 Å². The molecule has 0 unspecified atom stereocenters. The topological polar surface area (TPSA) is 49.6 Å². The number of rotatable bonds is 7. The second-order valence-electron chi connectivity index (χ2n) is 5.43.